The third-order valence-corrected chi connectivity index (χ3v) is 18.2. The van der Waals surface area contributed by atoms with E-state index in [9.17, 15) is 0 Å². The summed E-state index contributed by atoms with van der Waals surface area (Å²) in [5.74, 6) is 4.75. The van der Waals surface area contributed by atoms with Gasteiger partial charge in [-0.05, 0) is 114 Å². The molecule has 4 saturated carbocycles. The summed E-state index contributed by atoms with van der Waals surface area (Å²) < 4.78 is 0. The summed E-state index contributed by atoms with van der Waals surface area (Å²) in [4.78, 5) is 0. The predicted octanol–water partition coefficient (Wildman–Crippen LogP) is 9.26. The Kier molecular flexibility index (Phi) is 7.30. The minimum Gasteiger partial charge on any atom is -0.0959 e. The summed E-state index contributed by atoms with van der Waals surface area (Å²) >= 11 is 0. The van der Waals surface area contributed by atoms with Gasteiger partial charge in [-0.25, -0.2) is 0 Å². The quantitative estimate of drug-likeness (QED) is 0.235. The molecule has 5 aliphatic rings. The third kappa shape index (κ3) is 4.83. The lowest BCUT2D eigenvalue weighted by molar-refractivity contribution is 0.456. The molecule has 4 bridgehead atoms. The average Bonchev–Trinajstić information content (AvgIpc) is 3.86. The maximum absolute atomic E-state index is 2.71. The van der Waals surface area contributed by atoms with Gasteiger partial charge >= 0.3 is 0 Å². The first-order valence-corrected chi connectivity index (χ1v) is 19.3. The Morgan fingerprint density at radius 1 is 0.634 bits per heavy atom. The molecular weight excluding hydrogens is 530 g/mol. The molecule has 8 atom stereocenters. The fourth-order valence-corrected chi connectivity index (χ4v) is 17.3. The van der Waals surface area contributed by atoms with Crippen molar-refractivity contribution in [2.75, 3.05) is 0 Å². The summed E-state index contributed by atoms with van der Waals surface area (Å²) in [6, 6.07) is 32.0. The minimum absolute atomic E-state index is 0.0190. The van der Waals surface area contributed by atoms with Crippen molar-refractivity contribution in [2.45, 2.75) is 75.3 Å². The lowest BCUT2D eigenvalue weighted by Crippen LogP contribution is -2.32. The van der Waals surface area contributed by atoms with Crippen LogP contribution in [0, 0.1) is 29.6 Å². The van der Waals surface area contributed by atoms with Gasteiger partial charge in [0.1, 0.15) is 0 Å². The molecule has 5 aliphatic carbocycles. The Morgan fingerprint density at radius 3 is 1.73 bits per heavy atom. The predicted molar refractivity (Wildman–Crippen MR) is 181 cm³/mol. The Labute approximate surface area is 250 Å². The van der Waals surface area contributed by atoms with Crippen molar-refractivity contribution >= 4 is 37.3 Å². The summed E-state index contributed by atoms with van der Waals surface area (Å²) in [5.41, 5.74) is 5.96. The van der Waals surface area contributed by atoms with Crippen molar-refractivity contribution in [3.05, 3.63) is 109 Å². The monoisotopic (exact) mass is 574 g/mol. The summed E-state index contributed by atoms with van der Waals surface area (Å²) in [5, 5.41) is 4.42. The van der Waals surface area contributed by atoms with Crippen molar-refractivity contribution in [3.8, 4) is 0 Å². The Hall–Kier alpha value is -2.00. The van der Waals surface area contributed by atoms with E-state index in [2.05, 4.69) is 110 Å². The molecule has 0 N–H and O–H groups in total. The molecule has 3 aromatic carbocycles. The molecule has 4 fully saturated rings. The zero-order chi connectivity index (χ0) is 27.3. The molecule has 0 aromatic heterocycles. The highest BCUT2D eigenvalue weighted by atomic mass is 31.1. The van der Waals surface area contributed by atoms with Crippen molar-refractivity contribution in [1.29, 1.82) is 0 Å². The van der Waals surface area contributed by atoms with Gasteiger partial charge in [-0.15, -0.1) is 0 Å². The van der Waals surface area contributed by atoms with Crippen LogP contribution in [-0.2, 0) is 0 Å². The van der Waals surface area contributed by atoms with Crippen LogP contribution < -0.4 is 15.9 Å². The topological polar surface area (TPSA) is 0 Å². The van der Waals surface area contributed by atoms with E-state index in [4.69, 9.17) is 0 Å². The number of benzene rings is 3. The number of hydrogen-bond acceptors (Lipinski definition) is 0. The van der Waals surface area contributed by atoms with Crippen molar-refractivity contribution in [2.24, 2.45) is 29.6 Å². The second kappa shape index (κ2) is 11.3. The molecule has 0 aliphatic heterocycles. The highest BCUT2D eigenvalue weighted by Crippen LogP contribution is 2.70. The second-order valence-corrected chi connectivity index (χ2v) is 18.9. The Bertz CT molecular complexity index is 1360. The maximum Gasteiger partial charge on any atom is 0.00923 e. The molecule has 0 saturated heterocycles. The standard InChI is InChI=1S/C39H44P2/c1-27(40(38-25-28-19-21-30(38)23-28)39-26-29-20-22-31(39)24-29)34-16-10-17-35(34)36-15-8-9-18-37(36)41(32-11-4-2-5-12-32)33-13-6-3-7-14-33/h2-18,27-31,34,38-39H,19-26H2,1H3/t27-,28?,29?,30?,31?,34?,38?,39?,40?/m0/s1. The number of fused-ring (bicyclic) bond motifs is 4. The highest BCUT2D eigenvalue weighted by molar-refractivity contribution is 7.80. The Balaban J connectivity index is 1.17. The van der Waals surface area contributed by atoms with Gasteiger partial charge in [0, 0.05) is 5.92 Å². The molecule has 41 heavy (non-hydrogen) atoms. The average molecular weight is 575 g/mol. The van der Waals surface area contributed by atoms with Gasteiger partial charge < -0.3 is 0 Å². The number of rotatable bonds is 8. The van der Waals surface area contributed by atoms with Crippen LogP contribution in [0.1, 0.15) is 63.9 Å². The van der Waals surface area contributed by atoms with Gasteiger partial charge in [-0.2, -0.15) is 0 Å². The van der Waals surface area contributed by atoms with Crippen LogP contribution in [0.25, 0.3) is 5.57 Å². The first-order valence-electron chi connectivity index (χ1n) is 16.4. The van der Waals surface area contributed by atoms with Gasteiger partial charge in [-0.1, -0.05) is 131 Å². The zero-order valence-corrected chi connectivity index (χ0v) is 26.3. The molecule has 0 nitrogen and oxygen atoms in total. The van der Waals surface area contributed by atoms with Crippen molar-refractivity contribution < 1.29 is 0 Å². The molecule has 0 heterocycles. The normalized spacial score (nSPS) is 33.0. The fraction of sp³-hybridized carbons (Fsp3) is 0.436. The molecule has 8 rings (SSSR count). The van der Waals surface area contributed by atoms with E-state index in [1.165, 1.54) is 47.2 Å². The third-order valence-electron chi connectivity index (χ3n) is 11.6. The van der Waals surface area contributed by atoms with Gasteiger partial charge in [0.2, 0.25) is 0 Å². The second-order valence-electron chi connectivity index (χ2n) is 13.7. The van der Waals surface area contributed by atoms with Gasteiger partial charge in [0.15, 0.2) is 0 Å². The Morgan fingerprint density at radius 2 is 1.20 bits per heavy atom. The minimum atomic E-state index is -0.625. The van der Waals surface area contributed by atoms with E-state index >= 15 is 0 Å². The van der Waals surface area contributed by atoms with Crippen LogP contribution in [-0.4, -0.2) is 17.0 Å². The van der Waals surface area contributed by atoms with E-state index in [-0.39, 0.29) is 7.92 Å². The van der Waals surface area contributed by atoms with E-state index in [0.29, 0.717) is 5.92 Å². The van der Waals surface area contributed by atoms with Gasteiger partial charge in [-0.3, -0.25) is 0 Å². The zero-order valence-electron chi connectivity index (χ0n) is 24.5. The molecule has 2 heteroatoms. The van der Waals surface area contributed by atoms with E-state index in [0.717, 1.165) is 40.6 Å². The smallest absolute Gasteiger partial charge is 0.00923 e. The molecule has 0 spiro atoms. The van der Waals surface area contributed by atoms with Crippen LogP contribution in [0.15, 0.2) is 103 Å². The first-order chi connectivity index (χ1) is 20.2. The van der Waals surface area contributed by atoms with Gasteiger partial charge in [0.25, 0.3) is 0 Å². The lowest BCUT2D eigenvalue weighted by atomic mass is 9.93. The number of allylic oxidation sites excluding steroid dienone is 4. The van der Waals surface area contributed by atoms with Crippen LogP contribution in [0.2, 0.25) is 0 Å². The van der Waals surface area contributed by atoms with Crippen LogP contribution in [0.4, 0.5) is 0 Å². The summed E-state index contributed by atoms with van der Waals surface area (Å²) in [7, 11) is -0.606. The molecule has 3 aromatic rings. The maximum atomic E-state index is 2.71. The number of hydrogen-bond donors (Lipinski definition) is 0. The van der Waals surface area contributed by atoms with E-state index in [1.54, 1.807) is 31.3 Å². The molecule has 0 radical (unpaired) electrons. The molecular formula is C39H44P2. The lowest BCUT2D eigenvalue weighted by Gasteiger charge is -2.44. The largest absolute Gasteiger partial charge is 0.0959 e. The van der Waals surface area contributed by atoms with Gasteiger partial charge in [0.05, 0.1) is 0 Å². The summed E-state index contributed by atoms with van der Waals surface area (Å²) in [6.07, 6.45) is 19.9. The SMILES string of the molecule is C[C@@H](C1C=CC=C1c1ccccc1P(c1ccccc1)c1ccccc1)P(C1CC2CCC1C2)C1CC2CCC1C2. The molecule has 0 amide bonds. The highest BCUT2D eigenvalue weighted by Gasteiger charge is 2.52. The summed E-state index contributed by atoms with van der Waals surface area (Å²) in [6.45, 7) is 2.71. The van der Waals surface area contributed by atoms with Crippen LogP contribution in [0.3, 0.4) is 0 Å². The van der Waals surface area contributed by atoms with E-state index in [1.807, 2.05) is 0 Å². The van der Waals surface area contributed by atoms with Crippen LogP contribution >= 0.6 is 15.8 Å². The molecule has 210 valence electrons. The van der Waals surface area contributed by atoms with Crippen molar-refractivity contribution in [3.63, 3.8) is 0 Å². The van der Waals surface area contributed by atoms with Crippen molar-refractivity contribution in [1.82, 2.24) is 0 Å². The fourth-order valence-electron chi connectivity index (χ4n) is 9.87. The van der Waals surface area contributed by atoms with E-state index < -0.39 is 7.92 Å². The first kappa shape index (κ1) is 26.6. The van der Waals surface area contributed by atoms with Crippen LogP contribution in [0.5, 0.6) is 0 Å². The molecule has 7 unspecified atom stereocenters.